The van der Waals surface area contributed by atoms with E-state index in [1.807, 2.05) is 6.92 Å². The van der Waals surface area contributed by atoms with E-state index in [1.165, 1.54) is 34.1 Å². The molecule has 3 rings (SSSR count). The van der Waals surface area contributed by atoms with Crippen LogP contribution in [-0.2, 0) is 11.3 Å². The molecule has 0 saturated heterocycles. The highest BCUT2D eigenvalue weighted by Crippen LogP contribution is 2.18. The number of benzene rings is 1. The maximum atomic E-state index is 13.4. The maximum absolute atomic E-state index is 13.4. The second kappa shape index (κ2) is 7.25. The fourth-order valence-electron chi connectivity index (χ4n) is 2.79. The summed E-state index contributed by atoms with van der Waals surface area (Å²) in [5, 5.41) is 4.43. The smallest absolute Gasteiger partial charge is 0.336 e. The molecule has 0 saturated carbocycles. The Morgan fingerprint density at radius 1 is 1.27 bits per heavy atom. The molecule has 0 aliphatic rings. The lowest BCUT2D eigenvalue weighted by Gasteiger charge is -2.13. The van der Waals surface area contributed by atoms with Crippen molar-refractivity contribution in [2.24, 2.45) is 0 Å². The number of halogens is 1. The van der Waals surface area contributed by atoms with E-state index in [0.29, 0.717) is 28.0 Å². The van der Waals surface area contributed by atoms with Crippen LogP contribution in [0.2, 0.25) is 0 Å². The molecule has 1 aromatic carbocycles. The van der Waals surface area contributed by atoms with E-state index < -0.39 is 17.1 Å². The molecular formula is C18H18FN3O3S. The van der Waals surface area contributed by atoms with Crippen molar-refractivity contribution in [2.45, 2.75) is 26.8 Å². The first-order valence-corrected chi connectivity index (χ1v) is 9.08. The van der Waals surface area contributed by atoms with Crippen LogP contribution < -0.4 is 16.6 Å². The van der Waals surface area contributed by atoms with Crippen molar-refractivity contribution in [3.05, 3.63) is 61.9 Å². The Labute approximate surface area is 152 Å². The summed E-state index contributed by atoms with van der Waals surface area (Å²) in [5.74, 6) is -0.752. The summed E-state index contributed by atoms with van der Waals surface area (Å²) in [4.78, 5) is 38.0. The van der Waals surface area contributed by atoms with Crippen molar-refractivity contribution in [1.29, 1.82) is 0 Å². The van der Waals surface area contributed by atoms with E-state index in [9.17, 15) is 18.8 Å². The summed E-state index contributed by atoms with van der Waals surface area (Å²) >= 11 is 1.20. The number of aryl methyl sites for hydroxylation is 1. The van der Waals surface area contributed by atoms with E-state index >= 15 is 0 Å². The zero-order valence-electron chi connectivity index (χ0n) is 14.4. The molecule has 0 fully saturated rings. The molecule has 2 heterocycles. The number of hydrogen-bond acceptors (Lipinski definition) is 4. The van der Waals surface area contributed by atoms with E-state index in [0.717, 1.165) is 11.0 Å². The lowest BCUT2D eigenvalue weighted by atomic mass is 10.2. The van der Waals surface area contributed by atoms with Crippen LogP contribution in [0.25, 0.3) is 15.9 Å². The normalized spacial score (nSPS) is 11.0. The second-order valence-corrected chi connectivity index (χ2v) is 6.84. The third kappa shape index (κ3) is 3.20. The zero-order valence-corrected chi connectivity index (χ0v) is 15.2. The predicted octanol–water partition coefficient (Wildman–Crippen LogP) is 2.19. The Bertz CT molecular complexity index is 1100. The van der Waals surface area contributed by atoms with Crippen molar-refractivity contribution in [2.75, 3.05) is 6.54 Å². The van der Waals surface area contributed by atoms with Gasteiger partial charge in [0.15, 0.2) is 0 Å². The van der Waals surface area contributed by atoms with Crippen LogP contribution >= 0.6 is 11.3 Å². The molecule has 0 atom stereocenters. The lowest BCUT2D eigenvalue weighted by molar-refractivity contribution is -0.121. The highest BCUT2D eigenvalue weighted by molar-refractivity contribution is 7.17. The number of thiophene rings is 1. The van der Waals surface area contributed by atoms with Crippen molar-refractivity contribution in [3.63, 3.8) is 0 Å². The molecule has 6 nitrogen and oxygen atoms in total. The topological polar surface area (TPSA) is 73.1 Å². The standard InChI is InChI=1S/C18H18FN3O3S/c1-3-7-20-15(23)10-21-14-6-8-26-16(14)17(24)22(18(21)25)13-5-4-12(19)9-11(13)2/h4-6,8-9H,3,7,10H2,1-2H3,(H,20,23). The number of rotatable bonds is 5. The van der Waals surface area contributed by atoms with Crippen LogP contribution in [0.4, 0.5) is 4.39 Å². The maximum Gasteiger partial charge on any atom is 0.336 e. The first-order chi connectivity index (χ1) is 12.4. The number of carbonyl (C=O) groups excluding carboxylic acids is 1. The van der Waals surface area contributed by atoms with Crippen molar-refractivity contribution < 1.29 is 9.18 Å². The summed E-state index contributed by atoms with van der Waals surface area (Å²) in [6.45, 7) is 3.88. The van der Waals surface area contributed by atoms with Gasteiger partial charge in [-0.15, -0.1) is 11.3 Å². The fourth-order valence-corrected chi connectivity index (χ4v) is 3.61. The SMILES string of the molecule is CCCNC(=O)Cn1c(=O)n(-c2ccc(F)cc2C)c(=O)c2sccc21. The molecule has 0 aliphatic heterocycles. The fraction of sp³-hybridized carbons (Fsp3) is 0.278. The largest absolute Gasteiger partial charge is 0.355 e. The van der Waals surface area contributed by atoms with E-state index in [1.54, 1.807) is 18.4 Å². The first-order valence-electron chi connectivity index (χ1n) is 8.20. The van der Waals surface area contributed by atoms with Gasteiger partial charge in [0.25, 0.3) is 5.56 Å². The number of nitrogens with zero attached hydrogens (tertiary/aromatic N) is 2. The van der Waals surface area contributed by atoms with Gasteiger partial charge in [0, 0.05) is 6.54 Å². The molecular weight excluding hydrogens is 357 g/mol. The number of carbonyl (C=O) groups is 1. The minimum atomic E-state index is -0.623. The predicted molar refractivity (Wildman–Crippen MR) is 99.7 cm³/mol. The molecule has 1 N–H and O–H groups in total. The van der Waals surface area contributed by atoms with Gasteiger partial charge < -0.3 is 5.32 Å². The van der Waals surface area contributed by atoms with Gasteiger partial charge >= 0.3 is 5.69 Å². The quantitative estimate of drug-likeness (QED) is 0.743. The third-order valence-electron chi connectivity index (χ3n) is 4.03. The van der Waals surface area contributed by atoms with Gasteiger partial charge in [0.05, 0.1) is 11.2 Å². The van der Waals surface area contributed by atoms with Gasteiger partial charge in [-0.2, -0.15) is 0 Å². The molecule has 8 heteroatoms. The summed E-state index contributed by atoms with van der Waals surface area (Å²) in [5.41, 5.74) is 0.0938. The first kappa shape index (κ1) is 18.1. The number of hydrogen-bond donors (Lipinski definition) is 1. The third-order valence-corrected chi connectivity index (χ3v) is 4.92. The Morgan fingerprint density at radius 2 is 2.04 bits per heavy atom. The minimum Gasteiger partial charge on any atom is -0.355 e. The summed E-state index contributed by atoms with van der Waals surface area (Å²) in [7, 11) is 0. The molecule has 2 aromatic heterocycles. The molecule has 0 unspecified atom stereocenters. The van der Waals surface area contributed by atoms with Crippen LogP contribution in [0.3, 0.4) is 0 Å². The molecule has 0 aliphatic carbocycles. The van der Waals surface area contributed by atoms with Crippen LogP contribution in [0.15, 0.2) is 39.2 Å². The Kier molecular flexibility index (Phi) is 5.03. The highest BCUT2D eigenvalue weighted by Gasteiger charge is 2.18. The molecule has 26 heavy (non-hydrogen) atoms. The van der Waals surface area contributed by atoms with Gasteiger partial charge in [-0.05, 0) is 48.6 Å². The van der Waals surface area contributed by atoms with Crippen LogP contribution in [0.1, 0.15) is 18.9 Å². The van der Waals surface area contributed by atoms with E-state index in [-0.39, 0.29) is 12.5 Å². The van der Waals surface area contributed by atoms with Crippen molar-refractivity contribution in [3.8, 4) is 5.69 Å². The molecule has 3 aromatic rings. The highest BCUT2D eigenvalue weighted by atomic mass is 32.1. The van der Waals surface area contributed by atoms with E-state index in [2.05, 4.69) is 5.32 Å². The van der Waals surface area contributed by atoms with Crippen LogP contribution in [0, 0.1) is 12.7 Å². The van der Waals surface area contributed by atoms with Crippen LogP contribution in [-0.4, -0.2) is 21.6 Å². The van der Waals surface area contributed by atoms with Gasteiger partial charge in [-0.3, -0.25) is 14.2 Å². The Morgan fingerprint density at radius 3 is 2.73 bits per heavy atom. The average Bonchev–Trinajstić information content (AvgIpc) is 3.08. The van der Waals surface area contributed by atoms with Gasteiger partial charge in [-0.25, -0.2) is 13.8 Å². The van der Waals surface area contributed by atoms with E-state index in [4.69, 9.17) is 0 Å². The number of fused-ring (bicyclic) bond motifs is 1. The lowest BCUT2D eigenvalue weighted by Crippen LogP contribution is -2.41. The molecule has 0 spiro atoms. The number of aromatic nitrogens is 2. The van der Waals surface area contributed by atoms with Crippen LogP contribution in [0.5, 0.6) is 0 Å². The number of amides is 1. The summed E-state index contributed by atoms with van der Waals surface area (Å²) < 4.78 is 16.1. The van der Waals surface area contributed by atoms with Crippen molar-refractivity contribution in [1.82, 2.24) is 14.5 Å². The Balaban J connectivity index is 2.23. The van der Waals surface area contributed by atoms with Crippen molar-refractivity contribution >= 4 is 27.5 Å². The molecule has 136 valence electrons. The number of nitrogens with one attached hydrogen (secondary N) is 1. The monoisotopic (exact) mass is 375 g/mol. The van der Waals surface area contributed by atoms with Gasteiger partial charge in [0.1, 0.15) is 17.1 Å². The second-order valence-electron chi connectivity index (χ2n) is 5.93. The van der Waals surface area contributed by atoms with Gasteiger partial charge in [-0.1, -0.05) is 6.92 Å². The summed E-state index contributed by atoms with van der Waals surface area (Å²) in [6, 6.07) is 5.51. The molecule has 0 radical (unpaired) electrons. The van der Waals surface area contributed by atoms with Gasteiger partial charge in [0.2, 0.25) is 5.91 Å². The Hall–Kier alpha value is -2.74. The molecule has 1 amide bonds. The average molecular weight is 375 g/mol. The summed E-state index contributed by atoms with van der Waals surface area (Å²) in [6.07, 6.45) is 0.781. The zero-order chi connectivity index (χ0) is 18.8. The minimum absolute atomic E-state index is 0.188. The molecule has 0 bridgehead atoms.